The van der Waals surface area contributed by atoms with Gasteiger partial charge >= 0.3 is 0 Å². The van der Waals surface area contributed by atoms with Gasteiger partial charge in [-0.25, -0.2) is 8.42 Å². The molecule has 2 rings (SSSR count). The van der Waals surface area contributed by atoms with Crippen LogP contribution in [-0.2, 0) is 17.1 Å². The first-order valence-corrected chi connectivity index (χ1v) is 6.78. The second kappa shape index (κ2) is 4.25. The third-order valence-electron chi connectivity index (χ3n) is 2.89. The summed E-state index contributed by atoms with van der Waals surface area (Å²) in [6.07, 6.45) is 2.16. The Bertz CT molecular complexity index is 579. The van der Waals surface area contributed by atoms with Crippen molar-refractivity contribution in [3.63, 3.8) is 0 Å². The van der Waals surface area contributed by atoms with Gasteiger partial charge in [-0.05, 0) is 18.6 Å². The summed E-state index contributed by atoms with van der Waals surface area (Å²) in [6, 6.07) is 2.74. The molecule has 1 aliphatic rings. The Kier molecular flexibility index (Phi) is 3.07. The van der Waals surface area contributed by atoms with Crippen LogP contribution < -0.4 is 11.3 Å². The van der Waals surface area contributed by atoms with Crippen LogP contribution in [0.15, 0.2) is 28.0 Å². The van der Waals surface area contributed by atoms with E-state index in [4.69, 9.17) is 5.73 Å². The first kappa shape index (κ1) is 12.3. The topological polar surface area (TPSA) is 85.4 Å². The van der Waals surface area contributed by atoms with Crippen molar-refractivity contribution in [1.29, 1.82) is 0 Å². The molecule has 0 saturated carbocycles. The first-order chi connectivity index (χ1) is 7.93. The molecular weight excluding hydrogens is 242 g/mol. The maximum absolute atomic E-state index is 12.2. The van der Waals surface area contributed by atoms with Gasteiger partial charge in [0.1, 0.15) is 4.90 Å². The Hall–Kier alpha value is -1.18. The number of aryl methyl sites for hydroxylation is 1. The van der Waals surface area contributed by atoms with E-state index in [9.17, 15) is 13.2 Å². The number of nitrogens with two attached hydrogens (primary N) is 1. The lowest BCUT2D eigenvalue weighted by atomic mass is 10.3. The lowest BCUT2D eigenvalue weighted by Gasteiger charge is -2.15. The summed E-state index contributed by atoms with van der Waals surface area (Å²) >= 11 is 0. The van der Waals surface area contributed by atoms with Crippen LogP contribution in [0.1, 0.15) is 6.42 Å². The quantitative estimate of drug-likeness (QED) is 0.744. The minimum atomic E-state index is -3.70. The number of nitrogens with zero attached hydrogens (tertiary/aromatic N) is 2. The number of aromatic nitrogens is 1. The SMILES string of the molecule is Cn1cccc(S(=O)(=O)N2CC[C@@H](N)C2)c1=O. The van der Waals surface area contributed by atoms with E-state index >= 15 is 0 Å². The van der Waals surface area contributed by atoms with Gasteiger partial charge in [0.15, 0.2) is 0 Å². The van der Waals surface area contributed by atoms with Crippen LogP contribution in [0.25, 0.3) is 0 Å². The molecule has 7 heteroatoms. The molecule has 0 bridgehead atoms. The van der Waals surface area contributed by atoms with Gasteiger partial charge in [-0.1, -0.05) is 0 Å². The highest BCUT2D eigenvalue weighted by Gasteiger charge is 2.32. The molecule has 1 fully saturated rings. The molecule has 0 unspecified atom stereocenters. The van der Waals surface area contributed by atoms with Crippen LogP contribution in [0.3, 0.4) is 0 Å². The number of rotatable bonds is 2. The molecular formula is C10H15N3O3S. The predicted octanol–water partition coefficient (Wildman–Crippen LogP) is -0.893. The van der Waals surface area contributed by atoms with Crippen molar-refractivity contribution >= 4 is 10.0 Å². The van der Waals surface area contributed by atoms with E-state index in [1.165, 1.54) is 28.2 Å². The highest BCUT2D eigenvalue weighted by molar-refractivity contribution is 7.89. The summed E-state index contributed by atoms with van der Waals surface area (Å²) in [5.74, 6) is 0. The average Bonchev–Trinajstić information content (AvgIpc) is 2.69. The van der Waals surface area contributed by atoms with Gasteiger partial charge in [0.05, 0.1) is 0 Å². The van der Waals surface area contributed by atoms with Crippen molar-refractivity contribution in [2.45, 2.75) is 17.4 Å². The summed E-state index contributed by atoms with van der Waals surface area (Å²) in [7, 11) is -2.18. The molecule has 1 aliphatic heterocycles. The molecule has 0 aromatic carbocycles. The Labute approximate surface area is 99.7 Å². The third-order valence-corrected chi connectivity index (χ3v) is 4.77. The zero-order chi connectivity index (χ0) is 12.6. The number of hydrogen-bond donors (Lipinski definition) is 1. The standard InChI is InChI=1S/C10H15N3O3S/c1-12-5-2-3-9(10(12)14)17(15,16)13-6-4-8(11)7-13/h2-3,5,8H,4,6-7,11H2,1H3/t8-/m1/s1. The van der Waals surface area contributed by atoms with Crippen LogP contribution >= 0.6 is 0 Å². The smallest absolute Gasteiger partial charge is 0.270 e. The van der Waals surface area contributed by atoms with Gasteiger partial charge in [-0.2, -0.15) is 4.31 Å². The van der Waals surface area contributed by atoms with Crippen molar-refractivity contribution in [3.05, 3.63) is 28.7 Å². The second-order valence-electron chi connectivity index (χ2n) is 4.20. The zero-order valence-corrected chi connectivity index (χ0v) is 10.4. The maximum Gasteiger partial charge on any atom is 0.270 e. The normalized spacial score (nSPS) is 21.9. The summed E-state index contributed by atoms with van der Waals surface area (Å²) < 4.78 is 26.9. The average molecular weight is 257 g/mol. The van der Waals surface area contributed by atoms with E-state index in [1.54, 1.807) is 6.07 Å². The van der Waals surface area contributed by atoms with E-state index in [1.807, 2.05) is 0 Å². The molecule has 0 amide bonds. The van der Waals surface area contributed by atoms with Crippen molar-refractivity contribution in [2.24, 2.45) is 12.8 Å². The highest BCUT2D eigenvalue weighted by atomic mass is 32.2. The van der Waals surface area contributed by atoms with E-state index in [0.717, 1.165) is 0 Å². The van der Waals surface area contributed by atoms with Crippen molar-refractivity contribution < 1.29 is 8.42 Å². The highest BCUT2D eigenvalue weighted by Crippen LogP contribution is 2.17. The van der Waals surface area contributed by atoms with E-state index < -0.39 is 15.6 Å². The predicted molar refractivity (Wildman–Crippen MR) is 63.0 cm³/mol. The molecule has 1 atom stereocenters. The Balaban J connectivity index is 2.46. The Morgan fingerprint density at radius 1 is 1.47 bits per heavy atom. The molecule has 17 heavy (non-hydrogen) atoms. The van der Waals surface area contributed by atoms with Gasteiger partial charge in [-0.3, -0.25) is 4.79 Å². The molecule has 6 nitrogen and oxygen atoms in total. The van der Waals surface area contributed by atoms with Crippen LogP contribution in [-0.4, -0.2) is 36.4 Å². The van der Waals surface area contributed by atoms with E-state index in [0.29, 0.717) is 13.0 Å². The lowest BCUT2D eigenvalue weighted by molar-refractivity contribution is 0.470. The van der Waals surface area contributed by atoms with Crippen molar-refractivity contribution in [3.8, 4) is 0 Å². The molecule has 0 spiro atoms. The van der Waals surface area contributed by atoms with Gasteiger partial charge in [0, 0.05) is 32.4 Å². The maximum atomic E-state index is 12.2. The monoisotopic (exact) mass is 257 g/mol. The van der Waals surface area contributed by atoms with Gasteiger partial charge < -0.3 is 10.3 Å². The fourth-order valence-electron chi connectivity index (χ4n) is 1.88. The minimum Gasteiger partial charge on any atom is -0.326 e. The zero-order valence-electron chi connectivity index (χ0n) is 9.54. The number of pyridine rings is 1. The van der Waals surface area contributed by atoms with Crippen LogP contribution in [0.2, 0.25) is 0 Å². The Morgan fingerprint density at radius 3 is 2.76 bits per heavy atom. The molecule has 1 saturated heterocycles. The molecule has 2 N–H and O–H groups in total. The van der Waals surface area contributed by atoms with Gasteiger partial charge in [-0.15, -0.1) is 0 Å². The van der Waals surface area contributed by atoms with E-state index in [-0.39, 0.29) is 17.5 Å². The third kappa shape index (κ3) is 2.13. The fourth-order valence-corrected chi connectivity index (χ4v) is 3.51. The molecule has 0 aliphatic carbocycles. The Morgan fingerprint density at radius 2 is 2.18 bits per heavy atom. The second-order valence-corrected chi connectivity index (χ2v) is 6.11. The lowest BCUT2D eigenvalue weighted by Crippen LogP contribution is -2.36. The van der Waals surface area contributed by atoms with Crippen LogP contribution in [0, 0.1) is 0 Å². The van der Waals surface area contributed by atoms with E-state index in [2.05, 4.69) is 0 Å². The number of sulfonamides is 1. The van der Waals surface area contributed by atoms with Gasteiger partial charge in [0.2, 0.25) is 10.0 Å². The summed E-state index contributed by atoms with van der Waals surface area (Å²) in [5, 5.41) is 0. The summed E-state index contributed by atoms with van der Waals surface area (Å²) in [4.78, 5) is 11.6. The minimum absolute atomic E-state index is 0.141. The molecule has 0 radical (unpaired) electrons. The van der Waals surface area contributed by atoms with Crippen LogP contribution in [0.5, 0.6) is 0 Å². The molecule has 94 valence electrons. The fraction of sp³-hybridized carbons (Fsp3) is 0.500. The van der Waals surface area contributed by atoms with Crippen molar-refractivity contribution in [1.82, 2.24) is 8.87 Å². The largest absolute Gasteiger partial charge is 0.326 e. The first-order valence-electron chi connectivity index (χ1n) is 5.34. The van der Waals surface area contributed by atoms with Gasteiger partial charge in [0.25, 0.3) is 5.56 Å². The van der Waals surface area contributed by atoms with Crippen molar-refractivity contribution in [2.75, 3.05) is 13.1 Å². The molecule has 2 heterocycles. The van der Waals surface area contributed by atoms with Crippen LogP contribution in [0.4, 0.5) is 0 Å². The summed E-state index contributed by atoms with van der Waals surface area (Å²) in [6.45, 7) is 0.655. The molecule has 1 aromatic heterocycles. The number of hydrogen-bond acceptors (Lipinski definition) is 4. The molecule has 1 aromatic rings. The summed E-state index contributed by atoms with van der Waals surface area (Å²) in [5.41, 5.74) is 5.17.